The van der Waals surface area contributed by atoms with Gasteiger partial charge in [-0.1, -0.05) is 53.2 Å². The van der Waals surface area contributed by atoms with Gasteiger partial charge in [0.15, 0.2) is 0 Å². The molecule has 9 atom stereocenters. The molecule has 0 radical (unpaired) electrons. The number of rotatable bonds is 7. The van der Waals surface area contributed by atoms with Crippen LogP contribution in [0.15, 0.2) is 23.3 Å². The predicted octanol–water partition coefficient (Wildman–Crippen LogP) is 8.04. The average molecular weight is 683 g/mol. The molecular formula is C41H66N2O4S. The lowest BCUT2D eigenvalue weighted by Crippen LogP contribution is -2.67. The third kappa shape index (κ3) is 5.44. The van der Waals surface area contributed by atoms with Gasteiger partial charge in [-0.15, -0.1) is 0 Å². The van der Waals surface area contributed by atoms with Gasteiger partial charge in [-0.3, -0.25) is 4.79 Å². The minimum atomic E-state index is -2.92. The molecule has 1 saturated heterocycles. The van der Waals surface area contributed by atoms with Crippen molar-refractivity contribution in [1.82, 2.24) is 10.2 Å². The van der Waals surface area contributed by atoms with E-state index in [0.717, 1.165) is 69.6 Å². The molecule has 0 amide bonds. The van der Waals surface area contributed by atoms with E-state index in [2.05, 4.69) is 57.0 Å². The van der Waals surface area contributed by atoms with E-state index in [9.17, 15) is 18.3 Å². The summed E-state index contributed by atoms with van der Waals surface area (Å²) >= 11 is 0. The molecule has 4 saturated carbocycles. The highest BCUT2D eigenvalue weighted by Crippen LogP contribution is 2.76. The molecule has 0 spiro atoms. The number of aliphatic carboxylic acids is 1. The quantitative estimate of drug-likeness (QED) is 0.283. The van der Waals surface area contributed by atoms with Crippen LogP contribution in [0.3, 0.4) is 0 Å². The summed E-state index contributed by atoms with van der Waals surface area (Å²) in [6.45, 7) is 17.1. The zero-order chi connectivity index (χ0) is 34.3. The van der Waals surface area contributed by atoms with Crippen molar-refractivity contribution in [2.45, 2.75) is 142 Å². The van der Waals surface area contributed by atoms with Crippen LogP contribution in [-0.2, 0) is 14.6 Å². The van der Waals surface area contributed by atoms with E-state index in [-0.39, 0.29) is 22.1 Å². The van der Waals surface area contributed by atoms with Crippen molar-refractivity contribution < 1.29 is 18.3 Å². The van der Waals surface area contributed by atoms with Crippen LogP contribution in [0, 0.1) is 51.2 Å². The molecular weight excluding hydrogens is 617 g/mol. The molecule has 2 N–H and O–H groups in total. The summed E-state index contributed by atoms with van der Waals surface area (Å²) in [5, 5.41) is 13.7. The number of nitrogens with one attached hydrogen (secondary N) is 1. The minimum absolute atomic E-state index is 0.116. The molecule has 7 rings (SSSR count). The van der Waals surface area contributed by atoms with Gasteiger partial charge in [0.1, 0.15) is 9.84 Å². The van der Waals surface area contributed by atoms with E-state index in [0.29, 0.717) is 28.6 Å². The number of allylic oxidation sites excluding steroid dienone is 4. The first kappa shape index (κ1) is 35.2. The predicted molar refractivity (Wildman–Crippen MR) is 194 cm³/mol. The zero-order valence-electron chi connectivity index (χ0n) is 31.1. The van der Waals surface area contributed by atoms with Crippen LogP contribution in [0.25, 0.3) is 0 Å². The summed E-state index contributed by atoms with van der Waals surface area (Å²) < 4.78 is 24.1. The van der Waals surface area contributed by atoms with Gasteiger partial charge in [0.05, 0.1) is 11.2 Å². The summed E-state index contributed by atoms with van der Waals surface area (Å²) in [6.07, 6.45) is 23.5. The fourth-order valence-electron chi connectivity index (χ4n) is 14.4. The van der Waals surface area contributed by atoms with Crippen LogP contribution in [0.5, 0.6) is 0 Å². The molecule has 7 unspecified atom stereocenters. The zero-order valence-corrected chi connectivity index (χ0v) is 31.9. The number of nitrogens with zero attached hydrogens (tertiary/aromatic N) is 1. The van der Waals surface area contributed by atoms with Gasteiger partial charge in [0.2, 0.25) is 0 Å². The van der Waals surface area contributed by atoms with Gasteiger partial charge in [0.25, 0.3) is 0 Å². The molecule has 0 aromatic rings. The van der Waals surface area contributed by atoms with E-state index < -0.39 is 15.8 Å². The number of hydrogen-bond acceptors (Lipinski definition) is 5. The Balaban J connectivity index is 1.06. The molecule has 270 valence electrons. The molecule has 0 bridgehead atoms. The maximum absolute atomic E-state index is 12.1. The second-order valence-corrected chi connectivity index (χ2v) is 21.5. The Labute approximate surface area is 292 Å². The van der Waals surface area contributed by atoms with E-state index in [1.807, 2.05) is 0 Å². The molecule has 48 heavy (non-hydrogen) atoms. The number of hydrogen-bond donors (Lipinski definition) is 2. The van der Waals surface area contributed by atoms with Crippen molar-refractivity contribution in [3.63, 3.8) is 0 Å². The van der Waals surface area contributed by atoms with E-state index >= 15 is 0 Å². The first-order chi connectivity index (χ1) is 22.6. The van der Waals surface area contributed by atoms with Crippen molar-refractivity contribution in [1.29, 1.82) is 0 Å². The van der Waals surface area contributed by atoms with Gasteiger partial charge in [0, 0.05) is 24.9 Å². The number of sulfone groups is 1. The van der Waals surface area contributed by atoms with Gasteiger partial charge in [-0.05, 0) is 159 Å². The van der Waals surface area contributed by atoms with Gasteiger partial charge in [-0.2, -0.15) is 0 Å². The molecule has 1 aliphatic heterocycles. The van der Waals surface area contributed by atoms with Crippen molar-refractivity contribution in [2.24, 2.45) is 51.2 Å². The third-order valence-corrected chi connectivity index (χ3v) is 18.8. The molecule has 5 fully saturated rings. The SMILES string of the molecule is CC1(C)C(C2=CCC(C(=O)O)CC2)=CCC2(C)C1CCC1(C)C2CCC2[C@H]3CCCC3(NCCN3CCC(S(C)(=O)=O)CC3)CC[C@]21C. The normalized spacial score (nSPS) is 44.8. The third-order valence-electron chi connectivity index (χ3n) is 17.1. The minimum Gasteiger partial charge on any atom is -0.481 e. The highest BCUT2D eigenvalue weighted by atomic mass is 32.2. The molecule has 6 nitrogen and oxygen atoms in total. The Hall–Kier alpha value is -1.18. The summed E-state index contributed by atoms with van der Waals surface area (Å²) in [7, 11) is -2.92. The molecule has 7 heteroatoms. The first-order valence-corrected chi connectivity index (χ1v) is 21.8. The van der Waals surface area contributed by atoms with Crippen LogP contribution in [-0.4, -0.2) is 67.6 Å². The van der Waals surface area contributed by atoms with Crippen LogP contribution in [0.4, 0.5) is 0 Å². The largest absolute Gasteiger partial charge is 0.481 e. The molecule has 0 aromatic heterocycles. The van der Waals surface area contributed by atoms with Crippen LogP contribution >= 0.6 is 0 Å². The van der Waals surface area contributed by atoms with Gasteiger partial charge in [-0.25, -0.2) is 8.42 Å². The number of carboxylic acids is 1. The summed E-state index contributed by atoms with van der Waals surface area (Å²) in [4.78, 5) is 14.1. The van der Waals surface area contributed by atoms with Gasteiger partial charge >= 0.3 is 5.97 Å². The maximum Gasteiger partial charge on any atom is 0.306 e. The first-order valence-electron chi connectivity index (χ1n) is 19.8. The van der Waals surface area contributed by atoms with E-state index in [1.54, 1.807) is 0 Å². The molecule has 6 aliphatic carbocycles. The standard InChI is InChI=1S/C41H66N2O4S/c1-37(2)31(28-9-11-29(12-10-28)36(44)45)15-20-38(3)34(37)16-21-40(5)35(38)14-13-32-33-8-7-19-41(33,23-22-39(32,40)4)42-24-27-43-25-17-30(18-26-43)48(6,46)47/h9,15,29-30,32-35,42H,7-8,10-14,16-27H2,1-6H3,(H,44,45)/t29?,32?,33-,34?,35?,38?,39-,40?,41?/m1/s1. The van der Waals surface area contributed by atoms with Crippen molar-refractivity contribution >= 4 is 15.8 Å². The van der Waals surface area contributed by atoms with Crippen LogP contribution < -0.4 is 5.32 Å². The highest BCUT2D eigenvalue weighted by Gasteiger charge is 2.69. The second-order valence-electron chi connectivity index (χ2n) is 19.2. The fourth-order valence-corrected chi connectivity index (χ4v) is 15.4. The topological polar surface area (TPSA) is 86.7 Å². The lowest BCUT2D eigenvalue weighted by molar-refractivity contribution is -0.218. The molecule has 0 aromatic carbocycles. The Morgan fingerprint density at radius 3 is 2.29 bits per heavy atom. The Morgan fingerprint density at radius 2 is 1.62 bits per heavy atom. The number of carbonyl (C=O) groups is 1. The summed E-state index contributed by atoms with van der Waals surface area (Å²) in [5.41, 5.74) is 4.43. The smallest absolute Gasteiger partial charge is 0.306 e. The van der Waals surface area contributed by atoms with Crippen molar-refractivity contribution in [3.05, 3.63) is 23.3 Å². The molecule has 7 aliphatic rings. The number of fused-ring (bicyclic) bond motifs is 7. The Bertz CT molecular complexity index is 1440. The lowest BCUT2D eigenvalue weighted by Gasteiger charge is -2.72. The average Bonchev–Trinajstić information content (AvgIpc) is 3.45. The maximum atomic E-state index is 12.1. The van der Waals surface area contributed by atoms with Gasteiger partial charge < -0.3 is 15.3 Å². The lowest BCUT2D eigenvalue weighted by atomic mass is 9.33. The summed E-state index contributed by atoms with van der Waals surface area (Å²) in [6, 6.07) is 0. The van der Waals surface area contributed by atoms with E-state index in [4.69, 9.17) is 0 Å². The number of carboxylic acid groups (broad SMARTS) is 1. The van der Waals surface area contributed by atoms with Crippen LogP contribution in [0.2, 0.25) is 0 Å². The fraction of sp³-hybridized carbons (Fsp3) is 0.878. The summed E-state index contributed by atoms with van der Waals surface area (Å²) in [5.74, 6) is 2.13. The van der Waals surface area contributed by atoms with E-state index in [1.165, 1.54) is 81.6 Å². The highest BCUT2D eigenvalue weighted by molar-refractivity contribution is 7.91. The van der Waals surface area contributed by atoms with Crippen molar-refractivity contribution in [3.8, 4) is 0 Å². The number of likely N-dealkylation sites (tertiary alicyclic amines) is 1. The number of piperidine rings is 1. The Morgan fingerprint density at radius 1 is 0.875 bits per heavy atom. The monoisotopic (exact) mass is 682 g/mol. The second kappa shape index (κ2) is 12.2. The van der Waals surface area contributed by atoms with Crippen molar-refractivity contribution in [2.75, 3.05) is 32.4 Å². The Kier molecular flexibility index (Phi) is 8.96. The van der Waals surface area contributed by atoms with Crippen LogP contribution in [0.1, 0.15) is 131 Å². The molecule has 1 heterocycles.